The molecule has 1 aliphatic rings. The summed E-state index contributed by atoms with van der Waals surface area (Å²) in [4.78, 5) is 13.0. The van der Waals surface area contributed by atoms with Gasteiger partial charge in [0.25, 0.3) is 0 Å². The summed E-state index contributed by atoms with van der Waals surface area (Å²) in [5.74, 6) is 0.929. The van der Waals surface area contributed by atoms with Crippen LogP contribution in [0, 0.1) is 16.7 Å². The molecule has 1 N–H and O–H groups in total. The number of carbonyl (C=O) groups is 1. The first-order chi connectivity index (χ1) is 8.70. The highest BCUT2D eigenvalue weighted by molar-refractivity contribution is 7.99. The van der Waals surface area contributed by atoms with Crippen molar-refractivity contribution in [2.75, 3.05) is 5.75 Å². The number of nitrogens with one attached hydrogen (secondary N) is 1. The average molecular weight is 260 g/mol. The second kappa shape index (κ2) is 5.45. The first-order valence-corrected chi connectivity index (χ1v) is 7.10. The van der Waals surface area contributed by atoms with Crippen molar-refractivity contribution in [2.45, 2.75) is 31.2 Å². The van der Waals surface area contributed by atoms with Gasteiger partial charge in [-0.1, -0.05) is 19.1 Å². The highest BCUT2D eigenvalue weighted by atomic mass is 32.2. The summed E-state index contributed by atoms with van der Waals surface area (Å²) < 4.78 is 0. The largest absolute Gasteiger partial charge is 0.351 e. The fourth-order valence-electron chi connectivity index (χ4n) is 1.74. The lowest BCUT2D eigenvalue weighted by atomic mass is 10.1. The Morgan fingerprint density at radius 1 is 1.44 bits per heavy atom. The van der Waals surface area contributed by atoms with E-state index in [0.717, 1.165) is 11.3 Å². The van der Waals surface area contributed by atoms with Gasteiger partial charge in [-0.3, -0.25) is 4.79 Å². The number of rotatable bonds is 5. The fourth-order valence-corrected chi connectivity index (χ4v) is 2.40. The van der Waals surface area contributed by atoms with Crippen molar-refractivity contribution in [3.63, 3.8) is 0 Å². The van der Waals surface area contributed by atoms with Crippen molar-refractivity contribution in [1.82, 2.24) is 5.32 Å². The molecule has 0 aromatic heterocycles. The minimum Gasteiger partial charge on any atom is -0.351 e. The molecule has 0 spiro atoms. The first-order valence-electron chi connectivity index (χ1n) is 6.11. The number of thioether (sulfide) groups is 1. The van der Waals surface area contributed by atoms with Crippen LogP contribution < -0.4 is 5.32 Å². The Morgan fingerprint density at radius 2 is 2.11 bits per heavy atom. The molecule has 0 radical (unpaired) electrons. The molecule has 3 nitrogen and oxygen atoms in total. The van der Waals surface area contributed by atoms with Crippen molar-refractivity contribution in [3.8, 4) is 6.07 Å². The Balaban J connectivity index is 1.87. The van der Waals surface area contributed by atoms with Gasteiger partial charge in [-0.2, -0.15) is 5.26 Å². The number of amides is 1. The zero-order valence-corrected chi connectivity index (χ0v) is 11.2. The van der Waals surface area contributed by atoms with E-state index < -0.39 is 5.41 Å². The quantitative estimate of drug-likeness (QED) is 0.828. The van der Waals surface area contributed by atoms with E-state index in [0.29, 0.717) is 19.4 Å². The maximum absolute atomic E-state index is 11.8. The summed E-state index contributed by atoms with van der Waals surface area (Å²) in [6.45, 7) is 2.62. The minimum absolute atomic E-state index is 0.128. The summed E-state index contributed by atoms with van der Waals surface area (Å²) in [5.41, 5.74) is 0.343. The van der Waals surface area contributed by atoms with Crippen molar-refractivity contribution in [3.05, 3.63) is 29.8 Å². The van der Waals surface area contributed by atoms with Crippen molar-refractivity contribution in [1.29, 1.82) is 5.26 Å². The zero-order valence-electron chi connectivity index (χ0n) is 10.4. The van der Waals surface area contributed by atoms with Gasteiger partial charge in [0, 0.05) is 11.4 Å². The molecule has 0 saturated heterocycles. The van der Waals surface area contributed by atoms with Crippen molar-refractivity contribution < 1.29 is 4.79 Å². The van der Waals surface area contributed by atoms with Crippen LogP contribution in [0.5, 0.6) is 0 Å². The van der Waals surface area contributed by atoms with E-state index in [2.05, 4.69) is 30.4 Å². The fraction of sp³-hybridized carbons (Fsp3) is 0.429. The molecule has 2 rings (SSSR count). The lowest BCUT2D eigenvalue weighted by Crippen LogP contribution is -2.30. The third-order valence-corrected chi connectivity index (χ3v) is 3.98. The molecule has 0 bridgehead atoms. The van der Waals surface area contributed by atoms with Gasteiger partial charge in [0.1, 0.15) is 5.41 Å². The number of hydrogen-bond acceptors (Lipinski definition) is 3. The van der Waals surface area contributed by atoms with Crippen LogP contribution in [0.3, 0.4) is 0 Å². The predicted octanol–water partition coefficient (Wildman–Crippen LogP) is 2.72. The molecule has 1 fully saturated rings. The molecule has 1 saturated carbocycles. The Morgan fingerprint density at radius 3 is 2.61 bits per heavy atom. The number of benzene rings is 1. The lowest BCUT2D eigenvalue weighted by molar-refractivity contribution is -0.124. The van der Waals surface area contributed by atoms with Crippen LogP contribution >= 0.6 is 11.8 Å². The van der Waals surface area contributed by atoms with Crippen LogP contribution in [0.25, 0.3) is 0 Å². The van der Waals surface area contributed by atoms with Gasteiger partial charge >= 0.3 is 0 Å². The average Bonchev–Trinajstić information content (AvgIpc) is 3.19. The third kappa shape index (κ3) is 2.85. The summed E-state index contributed by atoms with van der Waals surface area (Å²) >= 11 is 1.80. The van der Waals surface area contributed by atoms with E-state index in [1.807, 2.05) is 12.1 Å². The number of hydrogen-bond donors (Lipinski definition) is 1. The van der Waals surface area contributed by atoms with Gasteiger partial charge in [0.05, 0.1) is 6.07 Å². The van der Waals surface area contributed by atoms with Crippen LogP contribution in [0.1, 0.15) is 25.3 Å². The molecule has 1 aromatic rings. The maximum Gasteiger partial charge on any atom is 0.240 e. The first kappa shape index (κ1) is 13.0. The summed E-state index contributed by atoms with van der Waals surface area (Å²) in [5, 5.41) is 11.7. The Hall–Kier alpha value is -1.47. The van der Waals surface area contributed by atoms with Crippen LogP contribution in [0.15, 0.2) is 29.2 Å². The number of nitriles is 1. The predicted molar refractivity (Wildman–Crippen MR) is 72.0 cm³/mol. The van der Waals surface area contributed by atoms with E-state index in [9.17, 15) is 4.79 Å². The standard InChI is InChI=1S/C14H16N2OS/c1-2-18-12-5-3-11(4-6-12)9-16-13(17)14(10-15)7-8-14/h3-6H,2,7-9H2,1H3,(H,16,17). The van der Waals surface area contributed by atoms with Gasteiger partial charge in [-0.25, -0.2) is 0 Å². The summed E-state index contributed by atoms with van der Waals surface area (Å²) in [6, 6.07) is 10.3. The number of carbonyl (C=O) groups excluding carboxylic acids is 1. The highest BCUT2D eigenvalue weighted by Gasteiger charge is 2.50. The van der Waals surface area contributed by atoms with Crippen LogP contribution in [-0.2, 0) is 11.3 Å². The summed E-state index contributed by atoms with van der Waals surface area (Å²) in [7, 11) is 0. The van der Waals surface area contributed by atoms with E-state index in [-0.39, 0.29) is 5.91 Å². The topological polar surface area (TPSA) is 52.9 Å². The Kier molecular flexibility index (Phi) is 3.93. The smallest absolute Gasteiger partial charge is 0.240 e. The molecule has 1 aromatic carbocycles. The Labute approximate surface area is 112 Å². The normalized spacial score (nSPS) is 15.8. The maximum atomic E-state index is 11.8. The van der Waals surface area contributed by atoms with Crippen molar-refractivity contribution in [2.24, 2.45) is 5.41 Å². The van der Waals surface area contributed by atoms with E-state index in [1.54, 1.807) is 11.8 Å². The van der Waals surface area contributed by atoms with Gasteiger partial charge in [0.2, 0.25) is 5.91 Å². The molecule has 0 atom stereocenters. The molecule has 0 aliphatic heterocycles. The molecule has 1 amide bonds. The second-order valence-electron chi connectivity index (χ2n) is 4.45. The third-order valence-electron chi connectivity index (χ3n) is 3.09. The van der Waals surface area contributed by atoms with E-state index in [4.69, 9.17) is 5.26 Å². The minimum atomic E-state index is -0.724. The van der Waals surface area contributed by atoms with Gasteiger partial charge in [-0.15, -0.1) is 11.8 Å². The Bertz CT molecular complexity index is 472. The second-order valence-corrected chi connectivity index (χ2v) is 5.79. The highest BCUT2D eigenvalue weighted by Crippen LogP contribution is 2.44. The molecule has 1 aliphatic carbocycles. The molecular weight excluding hydrogens is 244 g/mol. The van der Waals surface area contributed by atoms with Gasteiger partial charge in [-0.05, 0) is 36.3 Å². The summed E-state index contributed by atoms with van der Waals surface area (Å²) in [6.07, 6.45) is 1.39. The van der Waals surface area contributed by atoms with Crippen molar-refractivity contribution >= 4 is 17.7 Å². The van der Waals surface area contributed by atoms with E-state index in [1.165, 1.54) is 4.90 Å². The molecule has 18 heavy (non-hydrogen) atoms. The van der Waals surface area contributed by atoms with Gasteiger partial charge in [0.15, 0.2) is 0 Å². The van der Waals surface area contributed by atoms with Crippen LogP contribution in [-0.4, -0.2) is 11.7 Å². The molecular formula is C14H16N2OS. The van der Waals surface area contributed by atoms with Crippen LogP contribution in [0.2, 0.25) is 0 Å². The number of nitrogens with zero attached hydrogens (tertiary/aromatic N) is 1. The zero-order chi connectivity index (χ0) is 13.0. The SMILES string of the molecule is CCSc1ccc(CNC(=O)C2(C#N)CC2)cc1. The van der Waals surface area contributed by atoms with E-state index >= 15 is 0 Å². The molecule has 94 valence electrons. The van der Waals surface area contributed by atoms with Gasteiger partial charge < -0.3 is 5.32 Å². The van der Waals surface area contributed by atoms with Crippen LogP contribution in [0.4, 0.5) is 0 Å². The monoisotopic (exact) mass is 260 g/mol. The molecule has 0 heterocycles. The molecule has 4 heteroatoms. The molecule has 0 unspecified atom stereocenters. The lowest BCUT2D eigenvalue weighted by Gasteiger charge is -2.08.